The van der Waals surface area contributed by atoms with Crippen LogP contribution in [0.2, 0.25) is 0 Å². The molecule has 1 aromatic heterocycles. The number of aromatic nitrogens is 1. The van der Waals surface area contributed by atoms with Crippen LogP contribution in [0.15, 0.2) is 36.5 Å². The summed E-state index contributed by atoms with van der Waals surface area (Å²) < 4.78 is 19.8. The highest BCUT2D eigenvalue weighted by Crippen LogP contribution is 2.28. The Morgan fingerprint density at radius 3 is 2.76 bits per heavy atom. The predicted octanol–water partition coefficient (Wildman–Crippen LogP) is 4.38. The molecule has 1 N–H and O–H groups in total. The number of hydrogen-bond donors (Lipinski definition) is 1. The Kier molecular flexibility index (Phi) is 5.28. The van der Waals surface area contributed by atoms with Crippen LogP contribution >= 0.6 is 0 Å². The summed E-state index contributed by atoms with van der Waals surface area (Å²) in [7, 11) is 0. The van der Waals surface area contributed by atoms with Crippen molar-refractivity contribution in [3.63, 3.8) is 0 Å². The molecule has 3 nitrogen and oxygen atoms in total. The standard InChI is InChI=1S/C17H21FN2O/c1-4-9-19-12(2)14-7-8-17(15(18)11-14)21-16-6-5-10-20-13(16)3/h5-8,10-12,19H,4,9H2,1-3H3. The van der Waals surface area contributed by atoms with Gasteiger partial charge in [-0.2, -0.15) is 0 Å². The second-order valence-electron chi connectivity index (χ2n) is 5.05. The quantitative estimate of drug-likeness (QED) is 0.856. The smallest absolute Gasteiger partial charge is 0.166 e. The van der Waals surface area contributed by atoms with Gasteiger partial charge in [-0.15, -0.1) is 0 Å². The summed E-state index contributed by atoms with van der Waals surface area (Å²) in [4.78, 5) is 4.13. The van der Waals surface area contributed by atoms with Crippen molar-refractivity contribution < 1.29 is 9.13 Å². The van der Waals surface area contributed by atoms with Gasteiger partial charge < -0.3 is 10.1 Å². The van der Waals surface area contributed by atoms with E-state index < -0.39 is 0 Å². The first-order chi connectivity index (χ1) is 10.1. The van der Waals surface area contributed by atoms with Crippen molar-refractivity contribution in [1.82, 2.24) is 10.3 Å². The van der Waals surface area contributed by atoms with E-state index in [4.69, 9.17) is 4.74 Å². The molecule has 2 aromatic rings. The molecule has 112 valence electrons. The number of ether oxygens (including phenoxy) is 1. The number of aryl methyl sites for hydroxylation is 1. The molecule has 0 bridgehead atoms. The minimum absolute atomic E-state index is 0.119. The van der Waals surface area contributed by atoms with Crippen LogP contribution in [0.4, 0.5) is 4.39 Å². The summed E-state index contributed by atoms with van der Waals surface area (Å²) in [5.41, 5.74) is 1.65. The minimum Gasteiger partial charge on any atom is -0.452 e. The van der Waals surface area contributed by atoms with Gasteiger partial charge in [-0.3, -0.25) is 4.98 Å². The molecule has 0 aliphatic heterocycles. The predicted molar refractivity (Wildman–Crippen MR) is 82.2 cm³/mol. The Balaban J connectivity index is 2.14. The number of hydrogen-bond acceptors (Lipinski definition) is 3. The van der Waals surface area contributed by atoms with Crippen LogP contribution < -0.4 is 10.1 Å². The van der Waals surface area contributed by atoms with E-state index >= 15 is 0 Å². The summed E-state index contributed by atoms with van der Waals surface area (Å²) in [5.74, 6) is 0.430. The molecule has 0 radical (unpaired) electrons. The Bertz CT molecular complexity index is 601. The Hall–Kier alpha value is -1.94. The van der Waals surface area contributed by atoms with E-state index in [1.54, 1.807) is 24.4 Å². The molecule has 1 aromatic carbocycles. The van der Waals surface area contributed by atoms with Gasteiger partial charge in [0.05, 0.1) is 5.69 Å². The molecule has 2 rings (SSSR count). The van der Waals surface area contributed by atoms with Crippen LogP contribution in [0.1, 0.15) is 37.6 Å². The zero-order chi connectivity index (χ0) is 15.2. The second-order valence-corrected chi connectivity index (χ2v) is 5.05. The molecule has 4 heteroatoms. The zero-order valence-corrected chi connectivity index (χ0v) is 12.7. The Morgan fingerprint density at radius 2 is 2.10 bits per heavy atom. The van der Waals surface area contributed by atoms with Gasteiger partial charge in [0.1, 0.15) is 5.75 Å². The molecule has 1 atom stereocenters. The SMILES string of the molecule is CCCNC(C)c1ccc(Oc2cccnc2C)c(F)c1. The molecule has 0 amide bonds. The molecule has 0 aliphatic rings. The maximum Gasteiger partial charge on any atom is 0.166 e. The average molecular weight is 288 g/mol. The van der Waals surface area contributed by atoms with Gasteiger partial charge in [0.25, 0.3) is 0 Å². The van der Waals surface area contributed by atoms with Crippen molar-refractivity contribution in [2.24, 2.45) is 0 Å². The lowest BCUT2D eigenvalue weighted by atomic mass is 10.1. The molecule has 1 unspecified atom stereocenters. The van der Waals surface area contributed by atoms with Gasteiger partial charge in [-0.1, -0.05) is 13.0 Å². The summed E-state index contributed by atoms with van der Waals surface area (Å²) in [5, 5.41) is 3.34. The van der Waals surface area contributed by atoms with Crippen LogP contribution in [-0.2, 0) is 0 Å². The van der Waals surface area contributed by atoms with Crippen LogP contribution in [0.3, 0.4) is 0 Å². The summed E-state index contributed by atoms with van der Waals surface area (Å²) in [6.45, 7) is 6.87. The van der Waals surface area contributed by atoms with E-state index in [9.17, 15) is 4.39 Å². The lowest BCUT2D eigenvalue weighted by Crippen LogP contribution is -2.19. The maximum atomic E-state index is 14.2. The summed E-state index contributed by atoms with van der Waals surface area (Å²) in [6, 6.07) is 8.74. The number of pyridine rings is 1. The summed E-state index contributed by atoms with van der Waals surface area (Å²) >= 11 is 0. The monoisotopic (exact) mass is 288 g/mol. The van der Waals surface area contributed by atoms with Crippen molar-refractivity contribution in [2.45, 2.75) is 33.2 Å². The first-order valence-corrected chi connectivity index (χ1v) is 7.24. The largest absolute Gasteiger partial charge is 0.452 e. The fourth-order valence-electron chi connectivity index (χ4n) is 2.04. The third-order valence-corrected chi connectivity index (χ3v) is 3.33. The third kappa shape index (κ3) is 4.02. The number of nitrogens with one attached hydrogen (secondary N) is 1. The van der Waals surface area contributed by atoms with Crippen molar-refractivity contribution in [3.8, 4) is 11.5 Å². The maximum absolute atomic E-state index is 14.2. The van der Waals surface area contributed by atoms with Gasteiger partial charge in [0.15, 0.2) is 11.6 Å². The molecule has 0 aliphatic carbocycles. The first-order valence-electron chi connectivity index (χ1n) is 7.24. The minimum atomic E-state index is -0.360. The first kappa shape index (κ1) is 15.4. The fourth-order valence-corrected chi connectivity index (χ4v) is 2.04. The van der Waals surface area contributed by atoms with E-state index in [1.807, 2.05) is 19.9 Å². The van der Waals surface area contributed by atoms with Crippen molar-refractivity contribution in [3.05, 3.63) is 53.6 Å². The lowest BCUT2D eigenvalue weighted by molar-refractivity contribution is 0.435. The molecule has 21 heavy (non-hydrogen) atoms. The van der Waals surface area contributed by atoms with Gasteiger partial charge in [-0.05, 0) is 56.6 Å². The Labute approximate surface area is 125 Å². The van der Waals surface area contributed by atoms with Crippen LogP contribution in [0.25, 0.3) is 0 Å². The molecular formula is C17H21FN2O. The molecule has 0 saturated heterocycles. The van der Waals surface area contributed by atoms with Crippen molar-refractivity contribution in [2.75, 3.05) is 6.54 Å². The number of halogens is 1. The third-order valence-electron chi connectivity index (χ3n) is 3.33. The van der Waals surface area contributed by atoms with Gasteiger partial charge in [-0.25, -0.2) is 4.39 Å². The van der Waals surface area contributed by atoms with Gasteiger partial charge >= 0.3 is 0 Å². The second kappa shape index (κ2) is 7.18. The van der Waals surface area contributed by atoms with E-state index in [0.717, 1.165) is 24.2 Å². The highest BCUT2D eigenvalue weighted by Gasteiger charge is 2.11. The van der Waals surface area contributed by atoms with Crippen LogP contribution in [0.5, 0.6) is 11.5 Å². The zero-order valence-electron chi connectivity index (χ0n) is 12.7. The summed E-state index contributed by atoms with van der Waals surface area (Å²) in [6.07, 6.45) is 2.73. The fraction of sp³-hybridized carbons (Fsp3) is 0.353. The van der Waals surface area contributed by atoms with E-state index in [2.05, 4.69) is 17.2 Å². The van der Waals surface area contributed by atoms with Crippen LogP contribution in [0, 0.1) is 12.7 Å². The van der Waals surface area contributed by atoms with Crippen LogP contribution in [-0.4, -0.2) is 11.5 Å². The van der Waals surface area contributed by atoms with E-state index in [-0.39, 0.29) is 17.6 Å². The highest BCUT2D eigenvalue weighted by molar-refractivity contribution is 5.36. The average Bonchev–Trinajstić information content (AvgIpc) is 2.49. The van der Waals surface area contributed by atoms with Gasteiger partial charge in [0, 0.05) is 12.2 Å². The highest BCUT2D eigenvalue weighted by atomic mass is 19.1. The van der Waals surface area contributed by atoms with E-state index in [0.29, 0.717) is 5.75 Å². The Morgan fingerprint density at radius 1 is 1.29 bits per heavy atom. The molecule has 0 spiro atoms. The lowest BCUT2D eigenvalue weighted by Gasteiger charge is -2.15. The van der Waals surface area contributed by atoms with Gasteiger partial charge in [0.2, 0.25) is 0 Å². The molecular weight excluding hydrogens is 267 g/mol. The number of rotatable bonds is 6. The molecule has 1 heterocycles. The molecule has 0 saturated carbocycles. The normalized spacial score (nSPS) is 12.2. The topological polar surface area (TPSA) is 34.1 Å². The number of nitrogens with zero attached hydrogens (tertiary/aromatic N) is 1. The van der Waals surface area contributed by atoms with Crippen molar-refractivity contribution >= 4 is 0 Å². The number of benzene rings is 1. The molecule has 0 fully saturated rings. The van der Waals surface area contributed by atoms with E-state index in [1.165, 1.54) is 6.07 Å². The van der Waals surface area contributed by atoms with Crippen molar-refractivity contribution in [1.29, 1.82) is 0 Å².